The van der Waals surface area contributed by atoms with E-state index in [1.165, 1.54) is 39.5 Å². The van der Waals surface area contributed by atoms with E-state index < -0.39 is 21.7 Å². The zero-order valence-electron chi connectivity index (χ0n) is 16.0. The predicted octanol–water partition coefficient (Wildman–Crippen LogP) is 2.90. The molecule has 7 nitrogen and oxygen atoms in total. The molecule has 0 aliphatic carbocycles. The molecular formula is C20H20BrFN2O5S. The van der Waals surface area contributed by atoms with Gasteiger partial charge in [-0.25, -0.2) is 12.8 Å². The quantitative estimate of drug-likeness (QED) is 0.650. The van der Waals surface area contributed by atoms with Crippen molar-refractivity contribution >= 4 is 31.9 Å². The Hall–Kier alpha value is -2.17. The number of benzene rings is 2. The number of carbonyl (C=O) groups excluding carboxylic acids is 1. The lowest BCUT2D eigenvalue weighted by atomic mass is 10.1. The SMILES string of the molecule is O=C(c1cc(Br)ccc1F)N1CCN(S(=O)(=O)c2ccc3c(c2)OCCCO3)CC1. The predicted molar refractivity (Wildman–Crippen MR) is 111 cm³/mol. The van der Waals surface area contributed by atoms with Gasteiger partial charge in [-0.2, -0.15) is 4.31 Å². The summed E-state index contributed by atoms with van der Waals surface area (Å²) in [5.41, 5.74) is -0.0383. The fraction of sp³-hybridized carbons (Fsp3) is 0.350. The number of nitrogens with zero attached hydrogens (tertiary/aromatic N) is 2. The highest BCUT2D eigenvalue weighted by Gasteiger charge is 2.32. The molecule has 1 fully saturated rings. The molecular weight excluding hydrogens is 479 g/mol. The molecule has 2 aromatic rings. The van der Waals surface area contributed by atoms with Crippen molar-refractivity contribution in [2.45, 2.75) is 11.3 Å². The Balaban J connectivity index is 1.47. The van der Waals surface area contributed by atoms with Crippen molar-refractivity contribution in [1.29, 1.82) is 0 Å². The number of carbonyl (C=O) groups is 1. The van der Waals surface area contributed by atoms with E-state index in [9.17, 15) is 17.6 Å². The molecule has 1 amide bonds. The first-order valence-electron chi connectivity index (χ1n) is 9.50. The molecule has 0 N–H and O–H groups in total. The number of halogens is 2. The van der Waals surface area contributed by atoms with Crippen LogP contribution in [0, 0.1) is 5.82 Å². The molecule has 160 valence electrons. The van der Waals surface area contributed by atoms with Crippen LogP contribution < -0.4 is 9.47 Å². The Kier molecular flexibility index (Phi) is 5.99. The fourth-order valence-electron chi connectivity index (χ4n) is 3.42. The molecule has 2 aromatic carbocycles. The summed E-state index contributed by atoms with van der Waals surface area (Å²) < 4.78 is 53.2. The van der Waals surface area contributed by atoms with Crippen molar-refractivity contribution in [3.8, 4) is 11.5 Å². The molecule has 1 saturated heterocycles. The van der Waals surface area contributed by atoms with Crippen LogP contribution in [0.25, 0.3) is 0 Å². The van der Waals surface area contributed by atoms with Crippen LogP contribution in [0.3, 0.4) is 0 Å². The normalized spacial score (nSPS) is 17.5. The van der Waals surface area contributed by atoms with Crippen LogP contribution in [-0.2, 0) is 10.0 Å². The van der Waals surface area contributed by atoms with Crippen molar-refractivity contribution in [2.75, 3.05) is 39.4 Å². The molecule has 0 aromatic heterocycles. The highest BCUT2D eigenvalue weighted by Crippen LogP contribution is 2.33. The van der Waals surface area contributed by atoms with Gasteiger partial charge in [-0.05, 0) is 30.3 Å². The van der Waals surface area contributed by atoms with E-state index in [-0.39, 0.29) is 36.6 Å². The second-order valence-corrected chi connectivity index (χ2v) is 9.83. The molecule has 0 saturated carbocycles. The molecule has 0 radical (unpaired) electrons. The summed E-state index contributed by atoms with van der Waals surface area (Å²) in [6, 6.07) is 8.75. The number of hydrogen-bond donors (Lipinski definition) is 0. The molecule has 4 rings (SSSR count). The van der Waals surface area contributed by atoms with Crippen LogP contribution in [0.5, 0.6) is 11.5 Å². The number of sulfonamides is 1. The second kappa shape index (κ2) is 8.52. The van der Waals surface area contributed by atoms with Crippen LogP contribution in [0.15, 0.2) is 45.8 Å². The monoisotopic (exact) mass is 498 g/mol. The summed E-state index contributed by atoms with van der Waals surface area (Å²) in [7, 11) is -3.76. The maximum Gasteiger partial charge on any atom is 0.256 e. The van der Waals surface area contributed by atoms with Crippen LogP contribution in [0.1, 0.15) is 16.8 Å². The summed E-state index contributed by atoms with van der Waals surface area (Å²) in [6.45, 7) is 1.58. The lowest BCUT2D eigenvalue weighted by molar-refractivity contribution is 0.0693. The fourth-order valence-corrected chi connectivity index (χ4v) is 5.22. The summed E-state index contributed by atoms with van der Waals surface area (Å²) in [5, 5.41) is 0. The van der Waals surface area contributed by atoms with Crippen molar-refractivity contribution in [3.63, 3.8) is 0 Å². The van der Waals surface area contributed by atoms with Gasteiger partial charge in [0.2, 0.25) is 10.0 Å². The van der Waals surface area contributed by atoms with Gasteiger partial charge in [0.25, 0.3) is 5.91 Å². The number of piperazine rings is 1. The van der Waals surface area contributed by atoms with E-state index in [1.807, 2.05) is 0 Å². The van der Waals surface area contributed by atoms with Gasteiger partial charge < -0.3 is 14.4 Å². The molecule has 0 spiro atoms. The number of rotatable bonds is 3. The summed E-state index contributed by atoms with van der Waals surface area (Å²) >= 11 is 3.24. The van der Waals surface area contributed by atoms with Gasteiger partial charge in [0.05, 0.1) is 23.7 Å². The lowest BCUT2D eigenvalue weighted by Crippen LogP contribution is -2.50. The minimum Gasteiger partial charge on any atom is -0.490 e. The van der Waals surface area contributed by atoms with E-state index in [0.717, 1.165) is 6.42 Å². The molecule has 30 heavy (non-hydrogen) atoms. The zero-order chi connectivity index (χ0) is 21.3. The Morgan fingerprint density at radius 1 is 0.967 bits per heavy atom. The minimum absolute atomic E-state index is 0.0383. The first kappa shape index (κ1) is 21.1. The third-order valence-electron chi connectivity index (χ3n) is 5.04. The van der Waals surface area contributed by atoms with Gasteiger partial charge in [-0.3, -0.25) is 4.79 Å². The number of ether oxygens (including phenoxy) is 2. The Morgan fingerprint density at radius 3 is 2.40 bits per heavy atom. The highest BCUT2D eigenvalue weighted by atomic mass is 79.9. The van der Waals surface area contributed by atoms with Crippen molar-refractivity contribution in [2.24, 2.45) is 0 Å². The van der Waals surface area contributed by atoms with Crippen LogP contribution in [0.4, 0.5) is 4.39 Å². The van der Waals surface area contributed by atoms with Crippen LogP contribution in [-0.4, -0.2) is 62.9 Å². The van der Waals surface area contributed by atoms with Gasteiger partial charge in [-0.1, -0.05) is 15.9 Å². The highest BCUT2D eigenvalue weighted by molar-refractivity contribution is 9.10. The third kappa shape index (κ3) is 4.17. The minimum atomic E-state index is -3.76. The van der Waals surface area contributed by atoms with E-state index in [1.54, 1.807) is 6.07 Å². The average Bonchev–Trinajstić information content (AvgIpc) is 3.00. The smallest absolute Gasteiger partial charge is 0.256 e. The molecule has 0 atom stereocenters. The first-order valence-corrected chi connectivity index (χ1v) is 11.7. The van der Waals surface area contributed by atoms with Gasteiger partial charge in [0.1, 0.15) is 5.82 Å². The number of hydrogen-bond acceptors (Lipinski definition) is 5. The third-order valence-corrected chi connectivity index (χ3v) is 7.43. The molecule has 0 unspecified atom stereocenters. The first-order chi connectivity index (χ1) is 14.4. The maximum atomic E-state index is 14.0. The molecule has 0 bridgehead atoms. The van der Waals surface area contributed by atoms with Gasteiger partial charge in [0.15, 0.2) is 11.5 Å². The lowest BCUT2D eigenvalue weighted by Gasteiger charge is -2.34. The average molecular weight is 499 g/mol. The van der Waals surface area contributed by atoms with E-state index in [0.29, 0.717) is 29.2 Å². The van der Waals surface area contributed by atoms with Crippen LogP contribution in [0.2, 0.25) is 0 Å². The second-order valence-electron chi connectivity index (χ2n) is 6.98. The molecule has 2 aliphatic rings. The summed E-state index contributed by atoms with van der Waals surface area (Å²) in [5.74, 6) is -0.127. The van der Waals surface area contributed by atoms with E-state index >= 15 is 0 Å². The molecule has 2 aliphatic heterocycles. The van der Waals surface area contributed by atoms with Gasteiger partial charge in [-0.15, -0.1) is 0 Å². The standard InChI is InChI=1S/C20H20BrFN2O5S/c21-14-2-4-17(22)16(12-14)20(25)23-6-8-24(9-7-23)30(26,27)15-3-5-18-19(13-15)29-11-1-10-28-18/h2-5,12-13H,1,6-11H2. The van der Waals surface area contributed by atoms with Gasteiger partial charge >= 0.3 is 0 Å². The van der Waals surface area contributed by atoms with Crippen LogP contribution >= 0.6 is 15.9 Å². The molecule has 2 heterocycles. The largest absolute Gasteiger partial charge is 0.490 e. The van der Waals surface area contributed by atoms with E-state index in [4.69, 9.17) is 9.47 Å². The van der Waals surface area contributed by atoms with Crippen molar-refractivity contribution < 1.29 is 27.1 Å². The van der Waals surface area contributed by atoms with Gasteiger partial charge in [0, 0.05) is 43.1 Å². The summed E-state index contributed by atoms with van der Waals surface area (Å²) in [4.78, 5) is 14.2. The van der Waals surface area contributed by atoms with E-state index in [2.05, 4.69) is 15.9 Å². The molecule has 10 heteroatoms. The summed E-state index contributed by atoms with van der Waals surface area (Å²) in [6.07, 6.45) is 0.728. The van der Waals surface area contributed by atoms with Crippen molar-refractivity contribution in [3.05, 3.63) is 52.3 Å². The topological polar surface area (TPSA) is 76.2 Å². The zero-order valence-corrected chi connectivity index (χ0v) is 18.4. The Bertz CT molecular complexity index is 1070. The number of fused-ring (bicyclic) bond motifs is 1. The Labute approximate surface area is 182 Å². The maximum absolute atomic E-state index is 14.0. The number of amides is 1. The Morgan fingerprint density at radius 2 is 1.67 bits per heavy atom. The van der Waals surface area contributed by atoms with Crippen molar-refractivity contribution in [1.82, 2.24) is 9.21 Å².